The summed E-state index contributed by atoms with van der Waals surface area (Å²) in [5, 5.41) is 19.4. The third-order valence-corrected chi connectivity index (χ3v) is 7.69. The normalized spacial score (nSPS) is 17.1. The molecule has 1 aliphatic heterocycles. The van der Waals surface area contributed by atoms with Crippen LogP contribution in [0.5, 0.6) is 0 Å². The highest BCUT2D eigenvalue weighted by atomic mass is 32.2. The minimum Gasteiger partial charge on any atom is -0.507 e. The Hall–Kier alpha value is -3.89. The van der Waals surface area contributed by atoms with Gasteiger partial charge < -0.3 is 5.11 Å². The fourth-order valence-electron chi connectivity index (χ4n) is 3.85. The molecule has 0 saturated carbocycles. The molecule has 180 valence electrons. The van der Waals surface area contributed by atoms with Crippen molar-refractivity contribution < 1.29 is 23.5 Å². The topological polar surface area (TPSA) is 83.4 Å². The molecule has 1 aromatic heterocycles. The Morgan fingerprint density at radius 2 is 1.64 bits per heavy atom. The van der Waals surface area contributed by atoms with Gasteiger partial charge >= 0.3 is 5.91 Å². The molecule has 1 unspecified atom stereocenters. The van der Waals surface area contributed by atoms with E-state index in [-0.39, 0.29) is 22.3 Å². The molecule has 3 aromatic carbocycles. The molecule has 0 spiro atoms. The molecule has 10 heteroatoms. The highest BCUT2D eigenvalue weighted by Gasteiger charge is 2.48. The van der Waals surface area contributed by atoms with E-state index < -0.39 is 23.5 Å². The first kappa shape index (κ1) is 23.8. The molecule has 1 amide bonds. The van der Waals surface area contributed by atoms with Crippen LogP contribution in [0.2, 0.25) is 0 Å². The van der Waals surface area contributed by atoms with Crippen LogP contribution in [0, 0.1) is 11.6 Å². The third-order valence-electron chi connectivity index (χ3n) is 5.59. The molecule has 0 bridgehead atoms. The van der Waals surface area contributed by atoms with Gasteiger partial charge in [-0.25, -0.2) is 8.78 Å². The summed E-state index contributed by atoms with van der Waals surface area (Å²) in [5.74, 6) is -2.64. The molecule has 1 fully saturated rings. The fourth-order valence-corrected chi connectivity index (χ4v) is 5.71. The zero-order valence-electron chi connectivity index (χ0n) is 18.5. The molecular formula is C26H17F2N3O3S2. The molecule has 1 aliphatic rings. The molecule has 1 N–H and O–H groups in total. The molecule has 1 atom stereocenters. The Morgan fingerprint density at radius 3 is 2.36 bits per heavy atom. The van der Waals surface area contributed by atoms with E-state index in [9.17, 15) is 23.5 Å². The van der Waals surface area contributed by atoms with Crippen LogP contribution in [0.1, 0.15) is 22.7 Å². The second-order valence-corrected chi connectivity index (χ2v) is 10.00. The van der Waals surface area contributed by atoms with Crippen LogP contribution in [-0.2, 0) is 15.3 Å². The van der Waals surface area contributed by atoms with Crippen LogP contribution in [0.3, 0.4) is 0 Å². The maximum atomic E-state index is 14.0. The van der Waals surface area contributed by atoms with Gasteiger partial charge in [0, 0.05) is 11.3 Å². The molecular weight excluding hydrogens is 504 g/mol. The van der Waals surface area contributed by atoms with E-state index >= 15 is 0 Å². The molecule has 2 heterocycles. The maximum absolute atomic E-state index is 14.0. The van der Waals surface area contributed by atoms with Crippen molar-refractivity contribution in [2.75, 3.05) is 4.90 Å². The predicted molar refractivity (Wildman–Crippen MR) is 133 cm³/mol. The summed E-state index contributed by atoms with van der Waals surface area (Å²) in [6, 6.07) is 19.1. The van der Waals surface area contributed by atoms with Crippen molar-refractivity contribution in [3.63, 3.8) is 0 Å². The van der Waals surface area contributed by atoms with E-state index in [0.29, 0.717) is 26.8 Å². The highest BCUT2D eigenvalue weighted by Crippen LogP contribution is 2.44. The zero-order chi connectivity index (χ0) is 25.2. The summed E-state index contributed by atoms with van der Waals surface area (Å²) >= 11 is 2.31. The van der Waals surface area contributed by atoms with Gasteiger partial charge in [0.15, 0.2) is 4.34 Å². The largest absolute Gasteiger partial charge is 0.507 e. The number of Topliss-reactive ketones (excluding diaryl/α,β-unsaturated/α-hetero) is 1. The molecule has 0 radical (unpaired) electrons. The van der Waals surface area contributed by atoms with Crippen molar-refractivity contribution in [3.05, 3.63) is 113 Å². The summed E-state index contributed by atoms with van der Waals surface area (Å²) in [6.07, 6.45) is 0. The number of benzene rings is 3. The Labute approximate surface area is 212 Å². The molecule has 5 rings (SSSR count). The van der Waals surface area contributed by atoms with E-state index in [0.717, 1.165) is 16.2 Å². The van der Waals surface area contributed by atoms with E-state index in [4.69, 9.17) is 0 Å². The lowest BCUT2D eigenvalue weighted by atomic mass is 9.95. The number of aliphatic hydroxyl groups is 1. The fraction of sp³-hybridized carbons (Fsp3) is 0.0769. The molecule has 36 heavy (non-hydrogen) atoms. The van der Waals surface area contributed by atoms with Crippen LogP contribution in [0.25, 0.3) is 5.76 Å². The first-order valence-corrected chi connectivity index (χ1v) is 12.6. The van der Waals surface area contributed by atoms with Gasteiger partial charge in [-0.05, 0) is 29.3 Å². The summed E-state index contributed by atoms with van der Waals surface area (Å²) < 4.78 is 28.1. The van der Waals surface area contributed by atoms with Crippen LogP contribution >= 0.6 is 23.1 Å². The molecule has 6 nitrogen and oxygen atoms in total. The standard InChI is InChI=1S/C26H17F2N3O3S2/c27-18-12-10-15(11-13-18)21-20(22(32)16-6-2-1-3-7-16)23(33)24(34)31(21)25-29-30-26(36-25)35-14-17-8-4-5-9-19(17)28/h1-13,21,32H,14H2/b22-20-. The van der Waals surface area contributed by atoms with Gasteiger partial charge in [-0.2, -0.15) is 0 Å². The Bertz CT molecular complexity index is 1470. The second kappa shape index (κ2) is 10.00. The van der Waals surface area contributed by atoms with Crippen molar-refractivity contribution in [1.29, 1.82) is 0 Å². The summed E-state index contributed by atoms with van der Waals surface area (Å²) in [5.41, 5.74) is 1.15. The van der Waals surface area contributed by atoms with Crippen LogP contribution < -0.4 is 4.90 Å². The second-order valence-electron chi connectivity index (χ2n) is 7.82. The van der Waals surface area contributed by atoms with Gasteiger partial charge in [-0.1, -0.05) is 83.8 Å². The first-order valence-electron chi connectivity index (χ1n) is 10.8. The highest BCUT2D eigenvalue weighted by molar-refractivity contribution is 8.00. The number of thioether (sulfide) groups is 1. The van der Waals surface area contributed by atoms with Gasteiger partial charge in [0.25, 0.3) is 5.78 Å². The van der Waals surface area contributed by atoms with E-state index in [1.165, 1.54) is 42.1 Å². The van der Waals surface area contributed by atoms with Crippen LogP contribution in [0.4, 0.5) is 13.9 Å². The third kappa shape index (κ3) is 4.52. The molecule has 0 aliphatic carbocycles. The summed E-state index contributed by atoms with van der Waals surface area (Å²) in [7, 11) is 0. The average Bonchev–Trinajstić information content (AvgIpc) is 3.46. The minimum atomic E-state index is -1.04. The monoisotopic (exact) mass is 521 g/mol. The van der Waals surface area contributed by atoms with Gasteiger partial charge in [-0.3, -0.25) is 14.5 Å². The van der Waals surface area contributed by atoms with E-state index in [2.05, 4.69) is 10.2 Å². The van der Waals surface area contributed by atoms with Crippen LogP contribution in [-0.4, -0.2) is 27.0 Å². The zero-order valence-corrected chi connectivity index (χ0v) is 20.1. The lowest BCUT2D eigenvalue weighted by Crippen LogP contribution is -2.29. The number of aliphatic hydroxyl groups excluding tert-OH is 1. The maximum Gasteiger partial charge on any atom is 0.301 e. The number of hydrogen-bond acceptors (Lipinski definition) is 7. The number of ketones is 1. The number of aromatic nitrogens is 2. The van der Waals surface area contributed by atoms with Gasteiger partial charge in [0.1, 0.15) is 17.4 Å². The predicted octanol–water partition coefficient (Wildman–Crippen LogP) is 5.73. The number of carbonyl (C=O) groups is 2. The van der Waals surface area contributed by atoms with Crippen molar-refractivity contribution in [3.8, 4) is 0 Å². The number of carbonyl (C=O) groups excluding carboxylic acids is 2. The first-order chi connectivity index (χ1) is 17.4. The number of rotatable bonds is 6. The minimum absolute atomic E-state index is 0.131. The molecule has 1 saturated heterocycles. The lowest BCUT2D eigenvalue weighted by Gasteiger charge is -2.22. The lowest BCUT2D eigenvalue weighted by molar-refractivity contribution is -0.132. The average molecular weight is 522 g/mol. The Balaban J connectivity index is 1.54. The number of amides is 1. The SMILES string of the molecule is O=C1C(=O)N(c2nnc(SCc3ccccc3F)s2)C(c2ccc(F)cc2)/C1=C(/O)c1ccccc1. The Morgan fingerprint density at radius 1 is 0.944 bits per heavy atom. The van der Waals surface area contributed by atoms with Crippen molar-refractivity contribution in [2.24, 2.45) is 0 Å². The number of hydrogen-bond donors (Lipinski definition) is 1. The number of halogens is 2. The van der Waals surface area contributed by atoms with Gasteiger partial charge in [-0.15, -0.1) is 10.2 Å². The number of nitrogens with zero attached hydrogens (tertiary/aromatic N) is 3. The summed E-state index contributed by atoms with van der Waals surface area (Å²) in [4.78, 5) is 27.5. The smallest absolute Gasteiger partial charge is 0.301 e. The van der Waals surface area contributed by atoms with E-state index in [1.807, 2.05) is 0 Å². The van der Waals surface area contributed by atoms with Gasteiger partial charge in [0.05, 0.1) is 11.6 Å². The van der Waals surface area contributed by atoms with Crippen LogP contribution in [0.15, 0.2) is 88.8 Å². The van der Waals surface area contributed by atoms with E-state index in [1.54, 1.807) is 48.5 Å². The van der Waals surface area contributed by atoms with Crippen molar-refractivity contribution >= 4 is 45.7 Å². The van der Waals surface area contributed by atoms with Crippen molar-refractivity contribution in [2.45, 2.75) is 16.1 Å². The number of anilines is 1. The molecule has 4 aromatic rings. The quantitative estimate of drug-likeness (QED) is 0.115. The Kier molecular flexibility index (Phi) is 6.62. The van der Waals surface area contributed by atoms with Gasteiger partial charge in [0.2, 0.25) is 5.13 Å². The van der Waals surface area contributed by atoms with Crippen molar-refractivity contribution in [1.82, 2.24) is 10.2 Å². The summed E-state index contributed by atoms with van der Waals surface area (Å²) in [6.45, 7) is 0.